The third-order valence-electron chi connectivity index (χ3n) is 4.44. The van der Waals surface area contributed by atoms with E-state index in [4.69, 9.17) is 4.74 Å². The van der Waals surface area contributed by atoms with E-state index in [1.165, 1.54) is 10.4 Å². The number of carbonyl (C=O) groups excluding carboxylic acids is 1. The maximum Gasteiger partial charge on any atom is 0.243 e. The minimum absolute atomic E-state index is 0.0560. The van der Waals surface area contributed by atoms with Gasteiger partial charge in [-0.05, 0) is 55.8 Å². The first-order valence-corrected chi connectivity index (χ1v) is 11.1. The molecule has 0 atom stereocenters. The summed E-state index contributed by atoms with van der Waals surface area (Å²) in [5.74, 6) is 0.503. The summed E-state index contributed by atoms with van der Waals surface area (Å²) in [4.78, 5) is 12.5. The fourth-order valence-electron chi connectivity index (χ4n) is 2.82. The van der Waals surface area contributed by atoms with Gasteiger partial charge in [-0.2, -0.15) is 4.31 Å². The van der Waals surface area contributed by atoms with Crippen LogP contribution in [0.1, 0.15) is 26.3 Å². The van der Waals surface area contributed by atoms with Crippen LogP contribution in [0.4, 0.5) is 11.4 Å². The number of aryl methyl sites for hydroxylation is 1. The summed E-state index contributed by atoms with van der Waals surface area (Å²) >= 11 is 0. The van der Waals surface area contributed by atoms with Crippen molar-refractivity contribution in [2.45, 2.75) is 32.6 Å². The van der Waals surface area contributed by atoms with Crippen molar-refractivity contribution in [3.05, 3.63) is 48.0 Å². The van der Waals surface area contributed by atoms with E-state index in [1.807, 2.05) is 38.1 Å². The lowest BCUT2D eigenvalue weighted by atomic mass is 10.2. The molecule has 0 aromatic heterocycles. The fraction of sp³-hybridized carbons (Fsp3) is 0.381. The number of benzene rings is 2. The molecule has 0 saturated carbocycles. The summed E-state index contributed by atoms with van der Waals surface area (Å²) in [6, 6.07) is 12.1. The summed E-state index contributed by atoms with van der Waals surface area (Å²) in [5, 5.41) is 5.83. The molecule has 2 rings (SSSR count). The molecule has 2 aromatic rings. The second-order valence-electron chi connectivity index (χ2n) is 6.43. The third-order valence-corrected chi connectivity index (χ3v) is 6.49. The molecular formula is C21H29N3O4S. The van der Waals surface area contributed by atoms with E-state index >= 15 is 0 Å². The first-order chi connectivity index (χ1) is 13.8. The fourth-order valence-corrected chi connectivity index (χ4v) is 4.31. The van der Waals surface area contributed by atoms with Crippen LogP contribution in [-0.4, -0.2) is 44.9 Å². The zero-order chi connectivity index (χ0) is 21.4. The molecule has 0 aliphatic carbocycles. The van der Waals surface area contributed by atoms with E-state index in [0.717, 1.165) is 17.0 Å². The van der Waals surface area contributed by atoms with E-state index in [0.29, 0.717) is 25.4 Å². The van der Waals surface area contributed by atoms with Gasteiger partial charge in [0, 0.05) is 24.5 Å². The lowest BCUT2D eigenvalue weighted by Crippen LogP contribution is -2.30. The van der Waals surface area contributed by atoms with Crippen molar-refractivity contribution in [1.29, 1.82) is 0 Å². The highest BCUT2D eigenvalue weighted by Crippen LogP contribution is 2.23. The van der Waals surface area contributed by atoms with Gasteiger partial charge in [0.2, 0.25) is 15.9 Å². The second kappa shape index (κ2) is 10.3. The van der Waals surface area contributed by atoms with Gasteiger partial charge in [0.15, 0.2) is 0 Å². The van der Waals surface area contributed by atoms with Crippen LogP contribution in [-0.2, 0) is 14.8 Å². The highest BCUT2D eigenvalue weighted by molar-refractivity contribution is 7.89. The molecule has 29 heavy (non-hydrogen) atoms. The number of hydrogen-bond donors (Lipinski definition) is 2. The van der Waals surface area contributed by atoms with Crippen molar-refractivity contribution in [3.8, 4) is 5.75 Å². The molecule has 0 bridgehead atoms. The van der Waals surface area contributed by atoms with Gasteiger partial charge < -0.3 is 15.4 Å². The smallest absolute Gasteiger partial charge is 0.243 e. The number of nitrogens with one attached hydrogen (secondary N) is 2. The van der Waals surface area contributed by atoms with Crippen LogP contribution in [0.3, 0.4) is 0 Å². The summed E-state index contributed by atoms with van der Waals surface area (Å²) in [6.07, 6.45) is 0. The number of ether oxygens (including phenoxy) is 1. The van der Waals surface area contributed by atoms with Crippen molar-refractivity contribution in [2.75, 3.05) is 36.9 Å². The van der Waals surface area contributed by atoms with Crippen LogP contribution >= 0.6 is 0 Å². The number of anilines is 2. The molecule has 0 radical (unpaired) electrons. The minimum atomic E-state index is -3.59. The molecule has 0 heterocycles. The van der Waals surface area contributed by atoms with Crippen molar-refractivity contribution in [2.24, 2.45) is 0 Å². The van der Waals surface area contributed by atoms with Crippen LogP contribution in [0.2, 0.25) is 0 Å². The van der Waals surface area contributed by atoms with Crippen LogP contribution in [0.15, 0.2) is 47.4 Å². The highest BCUT2D eigenvalue weighted by Gasteiger charge is 2.22. The van der Waals surface area contributed by atoms with E-state index in [2.05, 4.69) is 10.6 Å². The van der Waals surface area contributed by atoms with Crippen molar-refractivity contribution in [3.63, 3.8) is 0 Å². The Balaban J connectivity index is 2.06. The average molecular weight is 420 g/mol. The van der Waals surface area contributed by atoms with Crippen molar-refractivity contribution >= 4 is 27.3 Å². The largest absolute Gasteiger partial charge is 0.494 e. The summed E-state index contributed by atoms with van der Waals surface area (Å²) in [7, 11) is -3.59. The average Bonchev–Trinajstić information content (AvgIpc) is 2.70. The lowest BCUT2D eigenvalue weighted by Gasteiger charge is -2.19. The van der Waals surface area contributed by atoms with Gasteiger partial charge in [-0.25, -0.2) is 8.42 Å². The van der Waals surface area contributed by atoms with Gasteiger partial charge in [0.25, 0.3) is 0 Å². The molecule has 1 amide bonds. The molecule has 0 saturated heterocycles. The zero-order valence-corrected chi connectivity index (χ0v) is 18.2. The molecule has 0 spiro atoms. The maximum absolute atomic E-state index is 12.7. The topological polar surface area (TPSA) is 87.7 Å². The number of nitrogens with zero attached hydrogens (tertiary/aromatic N) is 1. The summed E-state index contributed by atoms with van der Waals surface area (Å²) < 4.78 is 32.2. The van der Waals surface area contributed by atoms with Crippen molar-refractivity contribution in [1.82, 2.24) is 4.31 Å². The van der Waals surface area contributed by atoms with Gasteiger partial charge >= 0.3 is 0 Å². The predicted molar refractivity (Wildman–Crippen MR) is 116 cm³/mol. The summed E-state index contributed by atoms with van der Waals surface area (Å²) in [6.45, 7) is 8.76. The standard InChI is InChI=1S/C21H29N3O4S/c1-5-24(6-2)29(26,27)19-13-8-16(4)20(14-19)23-21(25)15-22-17-9-11-18(12-10-17)28-7-3/h8-14,22H,5-7,15H2,1-4H3,(H,23,25). The van der Waals surface area contributed by atoms with Gasteiger partial charge in [-0.3, -0.25) is 4.79 Å². The molecule has 0 unspecified atom stereocenters. The lowest BCUT2D eigenvalue weighted by molar-refractivity contribution is -0.114. The Hall–Kier alpha value is -2.58. The van der Waals surface area contributed by atoms with E-state index in [-0.39, 0.29) is 17.3 Å². The Morgan fingerprint density at radius 3 is 2.28 bits per heavy atom. The van der Waals surface area contributed by atoms with Crippen LogP contribution in [0.25, 0.3) is 0 Å². The van der Waals surface area contributed by atoms with Crippen LogP contribution in [0.5, 0.6) is 5.75 Å². The Morgan fingerprint density at radius 2 is 1.69 bits per heavy atom. The first kappa shape index (κ1) is 22.7. The molecule has 2 N–H and O–H groups in total. The van der Waals surface area contributed by atoms with Crippen LogP contribution in [0, 0.1) is 6.92 Å². The minimum Gasteiger partial charge on any atom is -0.494 e. The molecule has 158 valence electrons. The Morgan fingerprint density at radius 1 is 1.03 bits per heavy atom. The van der Waals surface area contributed by atoms with E-state index in [1.54, 1.807) is 26.0 Å². The first-order valence-electron chi connectivity index (χ1n) is 9.69. The molecule has 0 aliphatic rings. The van der Waals surface area contributed by atoms with E-state index in [9.17, 15) is 13.2 Å². The monoisotopic (exact) mass is 419 g/mol. The van der Waals surface area contributed by atoms with Crippen molar-refractivity contribution < 1.29 is 17.9 Å². The van der Waals surface area contributed by atoms with Gasteiger partial charge in [0.1, 0.15) is 5.75 Å². The normalized spacial score (nSPS) is 11.3. The molecular weight excluding hydrogens is 390 g/mol. The number of rotatable bonds is 10. The molecule has 0 aliphatic heterocycles. The molecule has 7 nitrogen and oxygen atoms in total. The number of amides is 1. The molecule has 2 aromatic carbocycles. The van der Waals surface area contributed by atoms with Gasteiger partial charge in [0.05, 0.1) is 18.0 Å². The van der Waals surface area contributed by atoms with Gasteiger partial charge in [-0.15, -0.1) is 0 Å². The third kappa shape index (κ3) is 5.95. The maximum atomic E-state index is 12.7. The Bertz CT molecular complexity index is 923. The quantitative estimate of drug-likeness (QED) is 0.616. The van der Waals surface area contributed by atoms with Gasteiger partial charge in [-0.1, -0.05) is 19.9 Å². The van der Waals surface area contributed by atoms with Crippen LogP contribution < -0.4 is 15.4 Å². The predicted octanol–water partition coefficient (Wildman–Crippen LogP) is 3.47. The Labute approximate surface area is 173 Å². The number of sulfonamides is 1. The Kier molecular flexibility index (Phi) is 8.04. The molecule has 0 fully saturated rings. The summed E-state index contributed by atoms with van der Waals surface area (Å²) in [5.41, 5.74) is 2.06. The number of hydrogen-bond acceptors (Lipinski definition) is 5. The zero-order valence-electron chi connectivity index (χ0n) is 17.4. The van der Waals surface area contributed by atoms with E-state index < -0.39 is 10.0 Å². The molecule has 8 heteroatoms. The SMILES string of the molecule is CCOc1ccc(NCC(=O)Nc2cc(S(=O)(=O)N(CC)CC)ccc2C)cc1. The highest BCUT2D eigenvalue weighted by atomic mass is 32.2. The second-order valence-corrected chi connectivity index (χ2v) is 8.36. The number of carbonyl (C=O) groups is 1.